The fourth-order valence-corrected chi connectivity index (χ4v) is 1.39. The highest BCUT2D eigenvalue weighted by atomic mass is 16.1. The van der Waals surface area contributed by atoms with Gasteiger partial charge in [-0.2, -0.15) is 0 Å². The van der Waals surface area contributed by atoms with Crippen molar-refractivity contribution in [1.82, 2.24) is 5.73 Å². The molecule has 1 amide bonds. The van der Waals surface area contributed by atoms with E-state index in [0.29, 0.717) is 5.56 Å². The highest BCUT2D eigenvalue weighted by molar-refractivity contribution is 5.92. The Balaban J connectivity index is 2.14. The number of hydrogen-bond donors (Lipinski definition) is 1. The molecule has 16 heavy (non-hydrogen) atoms. The average Bonchev–Trinajstić information content (AvgIpc) is 2.31. The number of carbonyl (C=O) groups is 1. The number of nitrogens with one attached hydrogen (secondary N) is 2. The zero-order chi connectivity index (χ0) is 11.4. The Morgan fingerprint density at radius 2 is 1.44 bits per heavy atom. The Hall–Kier alpha value is -2.29. The van der Waals surface area contributed by atoms with E-state index in [1.54, 1.807) is 24.3 Å². The summed E-state index contributed by atoms with van der Waals surface area (Å²) in [7, 11) is 0. The molecule has 0 saturated carbocycles. The lowest BCUT2D eigenvalue weighted by Crippen LogP contribution is -1.98. The first-order valence-corrected chi connectivity index (χ1v) is 4.94. The van der Waals surface area contributed by atoms with Crippen molar-refractivity contribution < 1.29 is 4.79 Å². The van der Waals surface area contributed by atoms with Gasteiger partial charge in [0.15, 0.2) is 0 Å². The molecular weight excluding hydrogens is 200 g/mol. The molecule has 2 N–H and O–H groups in total. The maximum atomic E-state index is 10.8. The maximum absolute atomic E-state index is 10.8. The lowest BCUT2D eigenvalue weighted by atomic mass is 10.2. The Morgan fingerprint density at radius 1 is 0.875 bits per heavy atom. The van der Waals surface area contributed by atoms with Crippen LogP contribution in [0.25, 0.3) is 0 Å². The predicted octanol–water partition coefficient (Wildman–Crippen LogP) is 2.85. The number of hydrogen-bond acceptors (Lipinski definition) is 2. The van der Waals surface area contributed by atoms with Crippen molar-refractivity contribution in [2.24, 2.45) is 0 Å². The SMILES string of the molecule is [NH]C(=O)c1ccc(Nc2ccccc2)cc1. The molecule has 2 aromatic rings. The van der Waals surface area contributed by atoms with Gasteiger partial charge in [-0.1, -0.05) is 18.2 Å². The van der Waals surface area contributed by atoms with Crippen molar-refractivity contribution >= 4 is 17.3 Å². The largest absolute Gasteiger partial charge is 0.356 e. The number of benzene rings is 2. The number of carbonyl (C=O) groups excluding carboxylic acids is 1. The summed E-state index contributed by atoms with van der Waals surface area (Å²) in [4.78, 5) is 10.8. The van der Waals surface area contributed by atoms with E-state index in [-0.39, 0.29) is 0 Å². The molecule has 0 unspecified atom stereocenters. The zero-order valence-corrected chi connectivity index (χ0v) is 8.60. The standard InChI is InChI=1S/C13H11N2O/c14-13(16)10-6-8-12(9-7-10)15-11-4-2-1-3-5-11/h1-9,14-15H. The van der Waals surface area contributed by atoms with Crippen molar-refractivity contribution in [3.8, 4) is 0 Å². The summed E-state index contributed by atoms with van der Waals surface area (Å²) in [6, 6.07) is 16.6. The fraction of sp³-hybridized carbons (Fsp3) is 0. The lowest BCUT2D eigenvalue weighted by Gasteiger charge is -2.05. The van der Waals surface area contributed by atoms with Crippen molar-refractivity contribution in [2.45, 2.75) is 0 Å². The van der Waals surface area contributed by atoms with Gasteiger partial charge in [0, 0.05) is 16.9 Å². The van der Waals surface area contributed by atoms with Crippen LogP contribution in [-0.2, 0) is 0 Å². The van der Waals surface area contributed by atoms with Crippen molar-refractivity contribution in [3.05, 3.63) is 60.2 Å². The molecule has 0 aliphatic carbocycles. The number of amides is 1. The first-order valence-electron chi connectivity index (χ1n) is 4.94. The molecule has 0 heterocycles. The van der Waals surface area contributed by atoms with Crippen LogP contribution in [-0.4, -0.2) is 5.91 Å². The fourth-order valence-electron chi connectivity index (χ4n) is 1.39. The van der Waals surface area contributed by atoms with Crippen molar-refractivity contribution in [1.29, 1.82) is 0 Å². The summed E-state index contributed by atoms with van der Waals surface area (Å²) in [6.07, 6.45) is 0. The van der Waals surface area contributed by atoms with Crippen LogP contribution in [0.2, 0.25) is 0 Å². The second-order valence-corrected chi connectivity index (χ2v) is 3.40. The van der Waals surface area contributed by atoms with Crippen LogP contribution in [0.15, 0.2) is 54.6 Å². The first-order chi connectivity index (χ1) is 7.75. The summed E-state index contributed by atoms with van der Waals surface area (Å²) in [5.41, 5.74) is 9.24. The summed E-state index contributed by atoms with van der Waals surface area (Å²) >= 11 is 0. The minimum absolute atomic E-state index is 0.401. The third-order valence-electron chi connectivity index (χ3n) is 2.21. The van der Waals surface area contributed by atoms with Crippen LogP contribution in [0, 0.1) is 0 Å². The van der Waals surface area contributed by atoms with Gasteiger partial charge in [-0.25, -0.2) is 0 Å². The maximum Gasteiger partial charge on any atom is 0.269 e. The molecule has 0 aliphatic heterocycles. The van der Waals surface area contributed by atoms with E-state index in [0.717, 1.165) is 11.4 Å². The van der Waals surface area contributed by atoms with Gasteiger partial charge in [0.2, 0.25) is 0 Å². The second-order valence-electron chi connectivity index (χ2n) is 3.40. The van der Waals surface area contributed by atoms with E-state index >= 15 is 0 Å². The Morgan fingerprint density at radius 3 is 2.00 bits per heavy atom. The third-order valence-corrected chi connectivity index (χ3v) is 2.21. The molecule has 1 radical (unpaired) electrons. The number of para-hydroxylation sites is 1. The van der Waals surface area contributed by atoms with Crippen LogP contribution in [0.1, 0.15) is 10.4 Å². The first kappa shape index (κ1) is 10.2. The number of rotatable bonds is 3. The zero-order valence-electron chi connectivity index (χ0n) is 8.60. The van der Waals surface area contributed by atoms with Gasteiger partial charge >= 0.3 is 0 Å². The van der Waals surface area contributed by atoms with E-state index in [4.69, 9.17) is 5.73 Å². The minimum Gasteiger partial charge on any atom is -0.356 e. The van der Waals surface area contributed by atoms with Crippen LogP contribution >= 0.6 is 0 Å². The van der Waals surface area contributed by atoms with E-state index in [9.17, 15) is 4.79 Å². The predicted molar refractivity (Wildman–Crippen MR) is 63.6 cm³/mol. The molecule has 3 nitrogen and oxygen atoms in total. The van der Waals surface area contributed by atoms with Crippen molar-refractivity contribution in [2.75, 3.05) is 5.32 Å². The Labute approximate surface area is 93.9 Å². The minimum atomic E-state index is -0.661. The Kier molecular flexibility index (Phi) is 2.87. The highest BCUT2D eigenvalue weighted by Crippen LogP contribution is 2.16. The van der Waals surface area contributed by atoms with Gasteiger partial charge in [-0.05, 0) is 36.4 Å². The molecule has 2 aromatic carbocycles. The van der Waals surface area contributed by atoms with E-state index in [2.05, 4.69) is 5.32 Å². The molecule has 0 fully saturated rings. The molecule has 0 bridgehead atoms. The van der Waals surface area contributed by atoms with Gasteiger partial charge in [0.25, 0.3) is 5.91 Å². The lowest BCUT2D eigenvalue weighted by molar-refractivity contribution is 0.0992. The molecule has 0 atom stereocenters. The molecule has 0 aromatic heterocycles. The van der Waals surface area contributed by atoms with Gasteiger partial charge in [-0.15, -0.1) is 0 Å². The average molecular weight is 211 g/mol. The monoisotopic (exact) mass is 211 g/mol. The molecule has 0 saturated heterocycles. The summed E-state index contributed by atoms with van der Waals surface area (Å²) < 4.78 is 0. The quantitative estimate of drug-likeness (QED) is 0.848. The number of anilines is 2. The molecule has 0 aliphatic rings. The molecule has 0 spiro atoms. The van der Waals surface area contributed by atoms with Crippen LogP contribution in [0.5, 0.6) is 0 Å². The van der Waals surface area contributed by atoms with E-state index in [1.165, 1.54) is 0 Å². The van der Waals surface area contributed by atoms with Gasteiger partial charge in [0.05, 0.1) is 0 Å². The van der Waals surface area contributed by atoms with Gasteiger partial charge in [-0.3, -0.25) is 10.5 Å². The van der Waals surface area contributed by atoms with Crippen LogP contribution < -0.4 is 11.1 Å². The van der Waals surface area contributed by atoms with Crippen LogP contribution in [0.4, 0.5) is 11.4 Å². The smallest absolute Gasteiger partial charge is 0.269 e. The van der Waals surface area contributed by atoms with Gasteiger partial charge < -0.3 is 5.32 Å². The highest BCUT2D eigenvalue weighted by Gasteiger charge is 2.00. The molecule has 2 rings (SSSR count). The topological polar surface area (TPSA) is 52.9 Å². The Bertz CT molecular complexity index is 477. The van der Waals surface area contributed by atoms with Gasteiger partial charge in [0.1, 0.15) is 0 Å². The molecule has 3 heteroatoms. The van der Waals surface area contributed by atoms with Crippen LogP contribution in [0.3, 0.4) is 0 Å². The van der Waals surface area contributed by atoms with E-state index in [1.807, 2.05) is 30.3 Å². The van der Waals surface area contributed by atoms with E-state index < -0.39 is 5.91 Å². The summed E-state index contributed by atoms with van der Waals surface area (Å²) in [6.45, 7) is 0. The molecular formula is C13H11N2O. The normalized spacial score (nSPS) is 9.75. The third kappa shape index (κ3) is 2.39. The summed E-state index contributed by atoms with van der Waals surface area (Å²) in [5, 5.41) is 3.20. The summed E-state index contributed by atoms with van der Waals surface area (Å²) in [5.74, 6) is -0.661. The second kappa shape index (κ2) is 4.49. The molecule has 79 valence electrons. The van der Waals surface area contributed by atoms with Crippen molar-refractivity contribution in [3.63, 3.8) is 0 Å².